The Morgan fingerprint density at radius 3 is 2.18 bits per heavy atom. The SMILES string of the molecule is COCCN1c2nc(-c3ccccc3)nc(C)c2/C(=C/c2ccccc2C(F)(F)F)C1(C(=O)NCc1ccc(Cl)cc1)c1ccc(Cl)cc1. The number of halogens is 5. The number of benzene rings is 4. The Morgan fingerprint density at radius 2 is 1.53 bits per heavy atom. The fourth-order valence-electron chi connectivity index (χ4n) is 6.23. The summed E-state index contributed by atoms with van der Waals surface area (Å²) in [4.78, 5) is 26.8. The maximum Gasteiger partial charge on any atom is 0.416 e. The van der Waals surface area contributed by atoms with Crippen LogP contribution in [0.2, 0.25) is 10.0 Å². The summed E-state index contributed by atoms with van der Waals surface area (Å²) in [6, 6.07) is 28.4. The van der Waals surface area contributed by atoms with Crippen molar-refractivity contribution in [2.45, 2.75) is 25.2 Å². The van der Waals surface area contributed by atoms with Gasteiger partial charge in [0.25, 0.3) is 5.91 Å². The van der Waals surface area contributed by atoms with E-state index in [0.29, 0.717) is 38.5 Å². The predicted octanol–water partition coefficient (Wildman–Crippen LogP) is 9.00. The highest BCUT2D eigenvalue weighted by Crippen LogP contribution is 2.55. The highest BCUT2D eigenvalue weighted by Gasteiger charge is 2.56. The van der Waals surface area contributed by atoms with E-state index in [0.717, 1.165) is 17.2 Å². The molecule has 2 heterocycles. The number of anilines is 1. The van der Waals surface area contributed by atoms with Gasteiger partial charge < -0.3 is 15.0 Å². The third-order valence-corrected chi connectivity index (χ3v) is 8.97. The summed E-state index contributed by atoms with van der Waals surface area (Å²) in [7, 11) is 1.54. The molecule has 11 heteroatoms. The Kier molecular flexibility index (Phi) is 9.79. The number of amides is 1. The number of carbonyl (C=O) groups is 1. The van der Waals surface area contributed by atoms with Crippen LogP contribution in [0.25, 0.3) is 23.0 Å². The molecule has 6 nitrogen and oxygen atoms in total. The summed E-state index contributed by atoms with van der Waals surface area (Å²) in [6.45, 7) is 2.22. The van der Waals surface area contributed by atoms with Crippen molar-refractivity contribution in [3.05, 3.63) is 147 Å². The Balaban J connectivity index is 1.68. The molecular weight excluding hydrogens is 672 g/mol. The lowest BCUT2D eigenvalue weighted by atomic mass is 9.78. The van der Waals surface area contributed by atoms with E-state index in [4.69, 9.17) is 37.9 Å². The molecule has 1 aliphatic rings. The summed E-state index contributed by atoms with van der Waals surface area (Å²) in [6.07, 6.45) is -3.23. The number of nitrogens with zero attached hydrogens (tertiary/aromatic N) is 3. The van der Waals surface area contributed by atoms with Crippen LogP contribution in [0.5, 0.6) is 0 Å². The molecule has 1 aromatic heterocycles. The van der Waals surface area contributed by atoms with E-state index in [1.165, 1.54) is 24.3 Å². The number of aryl methyl sites for hydroxylation is 1. The van der Waals surface area contributed by atoms with Crippen LogP contribution in [-0.4, -0.2) is 36.1 Å². The molecule has 1 unspecified atom stereocenters. The van der Waals surface area contributed by atoms with Gasteiger partial charge in [0.15, 0.2) is 11.4 Å². The Hall–Kier alpha value is -4.70. The van der Waals surface area contributed by atoms with Crippen molar-refractivity contribution in [3.8, 4) is 11.4 Å². The second-order valence-corrected chi connectivity index (χ2v) is 12.4. The molecule has 5 aromatic rings. The zero-order chi connectivity index (χ0) is 34.8. The van der Waals surface area contributed by atoms with E-state index < -0.39 is 23.2 Å². The molecule has 1 aliphatic heterocycles. The number of alkyl halides is 3. The van der Waals surface area contributed by atoms with Crippen LogP contribution in [0.4, 0.5) is 19.0 Å². The normalized spacial score (nSPS) is 16.6. The number of rotatable bonds is 9. The first-order valence-corrected chi connectivity index (χ1v) is 16.2. The second-order valence-electron chi connectivity index (χ2n) is 11.5. The lowest BCUT2D eigenvalue weighted by Crippen LogP contribution is -2.55. The lowest BCUT2D eigenvalue weighted by Gasteiger charge is -2.40. The highest BCUT2D eigenvalue weighted by molar-refractivity contribution is 6.31. The molecule has 250 valence electrons. The third kappa shape index (κ3) is 6.66. The topological polar surface area (TPSA) is 67.3 Å². The largest absolute Gasteiger partial charge is 0.416 e. The first-order chi connectivity index (χ1) is 23.5. The van der Waals surface area contributed by atoms with Crippen LogP contribution in [0.1, 0.15) is 33.5 Å². The molecule has 1 N–H and O–H groups in total. The van der Waals surface area contributed by atoms with E-state index >= 15 is 4.79 Å². The number of carbonyl (C=O) groups excluding carboxylic acids is 1. The van der Waals surface area contributed by atoms with Crippen LogP contribution in [-0.2, 0) is 27.8 Å². The first-order valence-electron chi connectivity index (χ1n) is 15.4. The van der Waals surface area contributed by atoms with Crippen LogP contribution < -0.4 is 10.2 Å². The average molecular weight is 704 g/mol. The van der Waals surface area contributed by atoms with E-state index in [1.54, 1.807) is 67.5 Å². The van der Waals surface area contributed by atoms with E-state index in [2.05, 4.69) is 5.32 Å². The van der Waals surface area contributed by atoms with E-state index in [-0.39, 0.29) is 30.8 Å². The van der Waals surface area contributed by atoms with Gasteiger partial charge in [-0.1, -0.05) is 96.0 Å². The highest BCUT2D eigenvalue weighted by atomic mass is 35.5. The Morgan fingerprint density at radius 1 is 0.898 bits per heavy atom. The predicted molar refractivity (Wildman–Crippen MR) is 187 cm³/mol. The van der Waals surface area contributed by atoms with Crippen molar-refractivity contribution in [2.75, 3.05) is 25.2 Å². The summed E-state index contributed by atoms with van der Waals surface area (Å²) in [5, 5.41) is 4.04. The van der Waals surface area contributed by atoms with Gasteiger partial charge in [-0.15, -0.1) is 0 Å². The Labute approximate surface area is 292 Å². The molecule has 1 atom stereocenters. The van der Waals surface area contributed by atoms with Crippen molar-refractivity contribution in [1.29, 1.82) is 0 Å². The molecule has 1 amide bonds. The fourth-order valence-corrected chi connectivity index (χ4v) is 6.48. The summed E-state index contributed by atoms with van der Waals surface area (Å²) < 4.78 is 48.9. The van der Waals surface area contributed by atoms with Crippen molar-refractivity contribution < 1.29 is 22.7 Å². The van der Waals surface area contributed by atoms with Crippen molar-refractivity contribution in [3.63, 3.8) is 0 Å². The minimum Gasteiger partial charge on any atom is -0.383 e. The Bertz CT molecular complexity index is 2000. The van der Waals surface area contributed by atoms with Gasteiger partial charge in [0, 0.05) is 46.9 Å². The monoisotopic (exact) mass is 702 g/mol. The van der Waals surface area contributed by atoms with Gasteiger partial charge in [-0.2, -0.15) is 13.2 Å². The molecule has 4 aromatic carbocycles. The molecule has 0 radical (unpaired) electrons. The molecule has 0 aliphatic carbocycles. The molecule has 0 saturated heterocycles. The molecule has 0 spiro atoms. The first kappa shape index (κ1) is 34.2. The van der Waals surface area contributed by atoms with Crippen molar-refractivity contribution in [2.24, 2.45) is 0 Å². The molecule has 0 fully saturated rings. The average Bonchev–Trinajstić information content (AvgIpc) is 3.37. The number of nitrogens with one attached hydrogen (secondary N) is 1. The van der Waals surface area contributed by atoms with Crippen LogP contribution in [0.3, 0.4) is 0 Å². The second kappa shape index (κ2) is 14.0. The van der Waals surface area contributed by atoms with Gasteiger partial charge in [0.1, 0.15) is 5.82 Å². The zero-order valence-electron chi connectivity index (χ0n) is 26.6. The van der Waals surface area contributed by atoms with E-state index in [9.17, 15) is 13.2 Å². The fraction of sp³-hybridized carbons (Fsp3) is 0.184. The number of ether oxygens (including phenoxy) is 1. The van der Waals surface area contributed by atoms with Crippen molar-refractivity contribution in [1.82, 2.24) is 15.3 Å². The van der Waals surface area contributed by atoms with Crippen LogP contribution in [0, 0.1) is 6.92 Å². The maximum atomic E-state index is 15.1. The standard InChI is InChI=1S/C38H31Cl2F3N4O2/c1-24-33-32(22-27-10-6-7-11-31(27)38(41,42)43)37(28-14-18-30(40)19-15-28,36(48)44-23-25-12-16-29(39)17-13-25)47(20-21-49-2)35(33)46-34(45-24)26-8-4-3-5-9-26/h3-19,22H,20-21,23H2,1-2H3,(H,44,48)/b32-22-. The smallest absolute Gasteiger partial charge is 0.383 e. The van der Waals surface area contributed by atoms with Crippen LogP contribution in [0.15, 0.2) is 103 Å². The molecule has 0 bridgehead atoms. The third-order valence-electron chi connectivity index (χ3n) is 8.46. The number of fused-ring (bicyclic) bond motifs is 1. The molecule has 0 saturated carbocycles. The van der Waals surface area contributed by atoms with Gasteiger partial charge in [0.2, 0.25) is 0 Å². The number of methoxy groups -OCH3 is 1. The van der Waals surface area contributed by atoms with E-state index in [1.807, 2.05) is 30.3 Å². The number of hydrogen-bond acceptors (Lipinski definition) is 5. The van der Waals surface area contributed by atoms with Gasteiger partial charge >= 0.3 is 6.18 Å². The zero-order valence-corrected chi connectivity index (χ0v) is 28.1. The minimum absolute atomic E-state index is 0.111. The van der Waals surface area contributed by atoms with Crippen LogP contribution >= 0.6 is 23.2 Å². The minimum atomic E-state index is -4.66. The number of aromatic nitrogens is 2. The van der Waals surface area contributed by atoms with Gasteiger partial charge in [0.05, 0.1) is 17.9 Å². The van der Waals surface area contributed by atoms with Gasteiger partial charge in [-0.3, -0.25) is 4.79 Å². The van der Waals surface area contributed by atoms with Gasteiger partial charge in [-0.25, -0.2) is 9.97 Å². The lowest BCUT2D eigenvalue weighted by molar-refractivity contribution is -0.137. The molecule has 49 heavy (non-hydrogen) atoms. The summed E-state index contributed by atoms with van der Waals surface area (Å²) in [5.41, 5.74) is 0.519. The molecule has 6 rings (SSSR count). The van der Waals surface area contributed by atoms with Gasteiger partial charge in [-0.05, 0) is 60.0 Å². The quantitative estimate of drug-likeness (QED) is 0.166. The summed E-state index contributed by atoms with van der Waals surface area (Å²) >= 11 is 12.5. The number of hydrogen-bond donors (Lipinski definition) is 1. The maximum absolute atomic E-state index is 15.1. The van der Waals surface area contributed by atoms with Crippen molar-refractivity contribution >= 4 is 46.6 Å². The summed E-state index contributed by atoms with van der Waals surface area (Å²) in [5.74, 6) is 0.300. The molecular formula is C38H31Cl2F3N4O2.